The number of ether oxygens (including phenoxy) is 1. The number of hydrogen-bond acceptors (Lipinski definition) is 6. The van der Waals surface area contributed by atoms with Crippen molar-refractivity contribution in [3.8, 4) is 0 Å². The minimum absolute atomic E-state index is 0.103. The van der Waals surface area contributed by atoms with Gasteiger partial charge in [0.1, 0.15) is 6.10 Å². The number of carbonyl (C=O) groups excluding carboxylic acids is 2. The lowest BCUT2D eigenvalue weighted by Crippen LogP contribution is -2.45. The molecule has 2 saturated carbocycles. The predicted molar refractivity (Wildman–Crippen MR) is 108 cm³/mol. The number of amides is 2. The van der Waals surface area contributed by atoms with Crippen molar-refractivity contribution < 1.29 is 27.5 Å². The Morgan fingerprint density at radius 2 is 2.00 bits per heavy atom. The van der Waals surface area contributed by atoms with E-state index >= 15 is 0 Å². The van der Waals surface area contributed by atoms with Crippen LogP contribution in [0.15, 0.2) is 18.3 Å². The quantitative estimate of drug-likeness (QED) is 0.525. The standard InChI is InChI=1S/C21H28F3N5O3/c1-20(6-7-20)27-19(31)32-15-5-2-12(8-15)16-10-17(29-28-16)26-18(30)9-14-4-3-13(11-25-14)21(22,23)24/h3-4,11-12,15-17,28-29H,2,5-10H2,1H3,(H,26,30)(H,27,31)/t12-,15+,16?,17?/m0/s1. The molecule has 2 heterocycles. The average molecular weight is 455 g/mol. The van der Waals surface area contributed by atoms with Gasteiger partial charge in [0.05, 0.1) is 18.2 Å². The monoisotopic (exact) mass is 455 g/mol. The van der Waals surface area contributed by atoms with Crippen LogP contribution in [0.2, 0.25) is 0 Å². The topological polar surface area (TPSA) is 104 Å². The van der Waals surface area contributed by atoms with Crippen molar-refractivity contribution in [2.45, 2.75) is 81.9 Å². The maximum absolute atomic E-state index is 12.6. The van der Waals surface area contributed by atoms with Gasteiger partial charge in [-0.3, -0.25) is 15.2 Å². The van der Waals surface area contributed by atoms with Gasteiger partial charge in [0.2, 0.25) is 5.91 Å². The van der Waals surface area contributed by atoms with Crippen LogP contribution >= 0.6 is 0 Å². The Morgan fingerprint density at radius 3 is 2.66 bits per heavy atom. The van der Waals surface area contributed by atoms with E-state index in [0.29, 0.717) is 12.3 Å². The number of alkyl halides is 3. The van der Waals surface area contributed by atoms with E-state index in [1.165, 1.54) is 6.07 Å². The molecule has 2 unspecified atom stereocenters. The predicted octanol–water partition coefficient (Wildman–Crippen LogP) is 2.40. The number of rotatable bonds is 6. The largest absolute Gasteiger partial charge is 0.446 e. The number of pyridine rings is 1. The third-order valence-electron chi connectivity index (χ3n) is 6.43. The van der Waals surface area contributed by atoms with Crippen LogP contribution in [0.3, 0.4) is 0 Å². The van der Waals surface area contributed by atoms with Crippen LogP contribution in [0.5, 0.6) is 0 Å². The fourth-order valence-electron chi connectivity index (χ4n) is 4.28. The number of nitrogens with zero attached hydrogens (tertiary/aromatic N) is 1. The molecule has 1 aromatic rings. The van der Waals surface area contributed by atoms with E-state index in [1.807, 2.05) is 6.92 Å². The molecular formula is C21H28F3N5O3. The van der Waals surface area contributed by atoms with Crippen molar-refractivity contribution in [2.75, 3.05) is 0 Å². The zero-order chi connectivity index (χ0) is 22.9. The molecule has 32 heavy (non-hydrogen) atoms. The Hall–Kier alpha value is -2.40. The smallest absolute Gasteiger partial charge is 0.417 e. The molecule has 4 N–H and O–H groups in total. The summed E-state index contributed by atoms with van der Waals surface area (Å²) in [5, 5.41) is 5.73. The van der Waals surface area contributed by atoms with Gasteiger partial charge in [-0.2, -0.15) is 13.2 Å². The maximum Gasteiger partial charge on any atom is 0.417 e. The van der Waals surface area contributed by atoms with Gasteiger partial charge < -0.3 is 15.4 Å². The summed E-state index contributed by atoms with van der Waals surface area (Å²) in [5.74, 6) is -0.00891. The molecule has 3 aliphatic rings. The summed E-state index contributed by atoms with van der Waals surface area (Å²) in [6.45, 7) is 2.00. The van der Waals surface area contributed by atoms with Gasteiger partial charge in [0.15, 0.2) is 0 Å². The highest BCUT2D eigenvalue weighted by Crippen LogP contribution is 2.36. The molecule has 0 aromatic carbocycles. The Bertz CT molecular complexity index is 844. The van der Waals surface area contributed by atoms with Gasteiger partial charge in [-0.05, 0) is 63.5 Å². The first-order valence-corrected chi connectivity index (χ1v) is 10.9. The lowest BCUT2D eigenvalue weighted by atomic mass is 9.96. The fraction of sp³-hybridized carbons (Fsp3) is 0.667. The van der Waals surface area contributed by atoms with Crippen LogP contribution in [0, 0.1) is 5.92 Å². The molecule has 3 fully saturated rings. The summed E-state index contributed by atoms with van der Waals surface area (Å²) in [5.41, 5.74) is 5.58. The van der Waals surface area contributed by atoms with E-state index in [1.54, 1.807) is 0 Å². The second kappa shape index (κ2) is 8.86. The van der Waals surface area contributed by atoms with Gasteiger partial charge in [-0.1, -0.05) is 0 Å². The van der Waals surface area contributed by atoms with Crippen LogP contribution in [0.25, 0.3) is 0 Å². The molecule has 4 atom stereocenters. The number of carbonyl (C=O) groups is 2. The molecule has 1 aromatic heterocycles. The number of halogens is 3. The fourth-order valence-corrected chi connectivity index (χ4v) is 4.28. The normalized spacial score (nSPS) is 28.9. The molecule has 176 valence electrons. The molecule has 8 nitrogen and oxygen atoms in total. The van der Waals surface area contributed by atoms with Gasteiger partial charge in [0, 0.05) is 23.5 Å². The summed E-state index contributed by atoms with van der Waals surface area (Å²) in [6, 6.07) is 2.26. The van der Waals surface area contributed by atoms with E-state index in [4.69, 9.17) is 4.74 Å². The molecule has 1 aliphatic heterocycles. The van der Waals surface area contributed by atoms with Gasteiger partial charge >= 0.3 is 12.3 Å². The van der Waals surface area contributed by atoms with Crippen LogP contribution < -0.4 is 21.5 Å². The van der Waals surface area contributed by atoms with Crippen molar-refractivity contribution in [3.63, 3.8) is 0 Å². The second-order valence-electron chi connectivity index (χ2n) is 9.25. The third kappa shape index (κ3) is 5.89. The molecule has 0 spiro atoms. The first-order chi connectivity index (χ1) is 15.1. The molecule has 0 radical (unpaired) electrons. The van der Waals surface area contributed by atoms with E-state index < -0.39 is 11.7 Å². The summed E-state index contributed by atoms with van der Waals surface area (Å²) in [7, 11) is 0. The zero-order valence-electron chi connectivity index (χ0n) is 17.8. The lowest BCUT2D eigenvalue weighted by Gasteiger charge is -2.19. The maximum atomic E-state index is 12.6. The molecule has 0 bridgehead atoms. The molecule has 2 amide bonds. The molecule has 1 saturated heterocycles. The Balaban J connectivity index is 1.18. The minimum atomic E-state index is -4.45. The van der Waals surface area contributed by atoms with Crippen LogP contribution in [0.4, 0.5) is 18.0 Å². The minimum Gasteiger partial charge on any atom is -0.446 e. The Kier molecular flexibility index (Phi) is 6.30. The molecule has 2 aliphatic carbocycles. The number of alkyl carbamates (subject to hydrolysis) is 1. The SMILES string of the molecule is CC1(NC(=O)O[C@@H]2CC[C@H](C3CC(NC(=O)Cc4ccc(C(F)(F)F)cn4)NN3)C2)CC1. The Labute approximate surface area is 184 Å². The van der Waals surface area contributed by atoms with E-state index in [-0.39, 0.29) is 48.0 Å². The van der Waals surface area contributed by atoms with Gasteiger partial charge in [-0.15, -0.1) is 0 Å². The van der Waals surface area contributed by atoms with Crippen molar-refractivity contribution in [1.29, 1.82) is 0 Å². The molecule has 11 heteroatoms. The number of hydrazine groups is 1. The van der Waals surface area contributed by atoms with Gasteiger partial charge in [0.25, 0.3) is 0 Å². The number of hydrogen-bond donors (Lipinski definition) is 4. The Morgan fingerprint density at radius 1 is 1.22 bits per heavy atom. The summed E-state index contributed by atoms with van der Waals surface area (Å²) < 4.78 is 43.4. The van der Waals surface area contributed by atoms with E-state index in [0.717, 1.165) is 44.4 Å². The van der Waals surface area contributed by atoms with Crippen LogP contribution in [-0.4, -0.2) is 40.8 Å². The highest BCUT2D eigenvalue weighted by Gasteiger charge is 2.41. The lowest BCUT2D eigenvalue weighted by molar-refractivity contribution is -0.137. The first-order valence-electron chi connectivity index (χ1n) is 10.9. The van der Waals surface area contributed by atoms with E-state index in [9.17, 15) is 22.8 Å². The van der Waals surface area contributed by atoms with Crippen molar-refractivity contribution in [2.24, 2.45) is 5.92 Å². The first kappa shape index (κ1) is 22.8. The van der Waals surface area contributed by atoms with Gasteiger partial charge in [-0.25, -0.2) is 10.2 Å². The molecular weight excluding hydrogens is 427 g/mol. The number of nitrogens with one attached hydrogen (secondary N) is 4. The summed E-state index contributed by atoms with van der Waals surface area (Å²) >= 11 is 0. The summed E-state index contributed by atoms with van der Waals surface area (Å²) in [6.07, 6.45) is 0.544. The van der Waals surface area contributed by atoms with E-state index in [2.05, 4.69) is 26.5 Å². The van der Waals surface area contributed by atoms with Crippen LogP contribution in [-0.2, 0) is 22.1 Å². The molecule has 4 rings (SSSR count). The second-order valence-corrected chi connectivity index (χ2v) is 9.25. The van der Waals surface area contributed by atoms with Crippen molar-refractivity contribution in [1.82, 2.24) is 26.5 Å². The van der Waals surface area contributed by atoms with Crippen molar-refractivity contribution in [3.05, 3.63) is 29.6 Å². The van der Waals surface area contributed by atoms with Crippen molar-refractivity contribution >= 4 is 12.0 Å². The average Bonchev–Trinajstić information content (AvgIpc) is 3.07. The highest BCUT2D eigenvalue weighted by atomic mass is 19.4. The summed E-state index contributed by atoms with van der Waals surface area (Å²) in [4.78, 5) is 28.0. The third-order valence-corrected chi connectivity index (χ3v) is 6.43. The highest BCUT2D eigenvalue weighted by molar-refractivity contribution is 5.78. The zero-order valence-corrected chi connectivity index (χ0v) is 17.8. The van der Waals surface area contributed by atoms with Crippen LogP contribution in [0.1, 0.15) is 56.7 Å². The number of aromatic nitrogens is 1.